The monoisotopic (exact) mass is 504 g/mol. The maximum atomic E-state index is 5.85. The number of methoxy groups -OCH3 is 2. The van der Waals surface area contributed by atoms with Crippen LogP contribution in [-0.4, -0.2) is 82.5 Å². The van der Waals surface area contributed by atoms with Crippen molar-refractivity contribution in [1.82, 2.24) is 15.1 Å². The van der Waals surface area contributed by atoms with E-state index < -0.39 is 0 Å². The number of halogens is 1. The molecular weight excluding hydrogens is 471 g/mol. The summed E-state index contributed by atoms with van der Waals surface area (Å²) in [6.45, 7) is 8.09. The van der Waals surface area contributed by atoms with E-state index in [1.165, 1.54) is 11.1 Å². The van der Waals surface area contributed by atoms with Crippen LogP contribution in [0.2, 0.25) is 0 Å². The van der Waals surface area contributed by atoms with Gasteiger partial charge in [-0.25, -0.2) is 0 Å². The summed E-state index contributed by atoms with van der Waals surface area (Å²) in [5.74, 6) is 2.53. The van der Waals surface area contributed by atoms with Gasteiger partial charge in [0.25, 0.3) is 0 Å². The molecule has 0 amide bonds. The molecule has 158 valence electrons. The van der Waals surface area contributed by atoms with Gasteiger partial charge in [0.05, 0.1) is 33.5 Å². The van der Waals surface area contributed by atoms with Crippen molar-refractivity contribution in [2.24, 2.45) is 4.99 Å². The van der Waals surface area contributed by atoms with Gasteiger partial charge in [-0.3, -0.25) is 4.99 Å². The Morgan fingerprint density at radius 2 is 1.93 bits per heavy atom. The number of fused-ring (bicyclic) bond motifs is 1. The molecule has 1 fully saturated rings. The summed E-state index contributed by atoms with van der Waals surface area (Å²) in [7, 11) is 5.49. The lowest BCUT2D eigenvalue weighted by atomic mass is 9.99. The number of rotatable bonds is 5. The van der Waals surface area contributed by atoms with Crippen LogP contribution < -0.4 is 14.8 Å². The van der Waals surface area contributed by atoms with Crippen molar-refractivity contribution in [3.05, 3.63) is 23.3 Å². The molecule has 1 aromatic rings. The van der Waals surface area contributed by atoms with Crippen LogP contribution in [0.25, 0.3) is 0 Å². The molecule has 1 saturated heterocycles. The van der Waals surface area contributed by atoms with Crippen molar-refractivity contribution in [3.63, 3.8) is 0 Å². The topological polar surface area (TPSA) is 58.6 Å². The van der Waals surface area contributed by atoms with Crippen LogP contribution in [0.15, 0.2) is 17.1 Å². The normalized spacial score (nSPS) is 20.2. The Morgan fingerprint density at radius 1 is 1.21 bits per heavy atom. The van der Waals surface area contributed by atoms with E-state index in [2.05, 4.69) is 41.2 Å². The Bertz CT molecular complexity index is 671. The zero-order chi connectivity index (χ0) is 19.2. The first-order valence-electron chi connectivity index (χ1n) is 9.71. The van der Waals surface area contributed by atoms with Crippen LogP contribution in [0.1, 0.15) is 18.1 Å². The van der Waals surface area contributed by atoms with Crippen LogP contribution in [0.5, 0.6) is 11.5 Å². The third-order valence-electron chi connectivity index (χ3n) is 5.14. The van der Waals surface area contributed by atoms with Gasteiger partial charge in [0.1, 0.15) is 0 Å². The summed E-state index contributed by atoms with van der Waals surface area (Å²) in [4.78, 5) is 9.48. The van der Waals surface area contributed by atoms with Crippen molar-refractivity contribution < 1.29 is 14.2 Å². The molecule has 0 aliphatic carbocycles. The second-order valence-corrected chi connectivity index (χ2v) is 7.10. The zero-order valence-electron chi connectivity index (χ0n) is 17.4. The Balaban J connectivity index is 0.00000280. The van der Waals surface area contributed by atoms with Crippen molar-refractivity contribution in [2.45, 2.75) is 26.0 Å². The molecule has 28 heavy (non-hydrogen) atoms. The highest BCUT2D eigenvalue weighted by atomic mass is 127. The summed E-state index contributed by atoms with van der Waals surface area (Å²) in [6, 6.07) is 4.18. The average molecular weight is 504 g/mol. The van der Waals surface area contributed by atoms with Gasteiger partial charge in [0.2, 0.25) is 0 Å². The van der Waals surface area contributed by atoms with Gasteiger partial charge in [0.15, 0.2) is 17.5 Å². The summed E-state index contributed by atoms with van der Waals surface area (Å²) in [5.41, 5.74) is 2.58. The summed E-state index contributed by atoms with van der Waals surface area (Å²) in [6.07, 6.45) is 1.13. The summed E-state index contributed by atoms with van der Waals surface area (Å²) < 4.78 is 16.8. The Morgan fingerprint density at radius 3 is 2.57 bits per heavy atom. The molecule has 2 heterocycles. The standard InChI is InChI=1S/C20H32N4O3.HI/c1-5-21-20(22-12-17-14-23(2)8-9-27-17)24-7-6-15-10-18(25-3)19(26-4)11-16(15)13-24;/h10-11,17H,5-9,12-14H2,1-4H3,(H,21,22);1H. The number of hydrogen-bond acceptors (Lipinski definition) is 5. The summed E-state index contributed by atoms with van der Waals surface area (Å²) in [5, 5.41) is 3.44. The zero-order valence-corrected chi connectivity index (χ0v) is 19.7. The SMILES string of the molecule is CCNC(=NCC1CN(C)CCO1)N1CCc2cc(OC)c(OC)cc2C1.I. The first kappa shape index (κ1) is 23.0. The first-order chi connectivity index (χ1) is 13.1. The second-order valence-electron chi connectivity index (χ2n) is 7.10. The molecule has 0 aromatic heterocycles. The molecule has 0 saturated carbocycles. The predicted octanol–water partition coefficient (Wildman–Crippen LogP) is 1.98. The molecule has 8 heteroatoms. The van der Waals surface area contributed by atoms with E-state index in [0.29, 0.717) is 6.54 Å². The lowest BCUT2D eigenvalue weighted by Crippen LogP contribution is -2.45. The molecule has 1 unspecified atom stereocenters. The van der Waals surface area contributed by atoms with Gasteiger partial charge in [0, 0.05) is 32.7 Å². The predicted molar refractivity (Wildman–Crippen MR) is 122 cm³/mol. The van der Waals surface area contributed by atoms with E-state index in [1.54, 1.807) is 14.2 Å². The number of hydrogen-bond donors (Lipinski definition) is 1. The van der Waals surface area contributed by atoms with E-state index in [0.717, 1.165) is 63.2 Å². The molecular formula is C20H33IN4O3. The van der Waals surface area contributed by atoms with Crippen molar-refractivity contribution >= 4 is 29.9 Å². The maximum absolute atomic E-state index is 5.85. The number of guanidine groups is 1. The average Bonchev–Trinajstić information content (AvgIpc) is 2.69. The maximum Gasteiger partial charge on any atom is 0.194 e. The van der Waals surface area contributed by atoms with Crippen molar-refractivity contribution in [1.29, 1.82) is 0 Å². The fourth-order valence-electron chi connectivity index (χ4n) is 3.66. The van der Waals surface area contributed by atoms with Crippen LogP contribution in [0.3, 0.4) is 0 Å². The largest absolute Gasteiger partial charge is 0.493 e. The van der Waals surface area contributed by atoms with Crippen molar-refractivity contribution in [3.8, 4) is 11.5 Å². The number of morpholine rings is 1. The number of benzene rings is 1. The minimum Gasteiger partial charge on any atom is -0.493 e. The quantitative estimate of drug-likeness (QED) is 0.376. The third-order valence-corrected chi connectivity index (χ3v) is 5.14. The van der Waals surface area contributed by atoms with E-state index in [-0.39, 0.29) is 30.1 Å². The lowest BCUT2D eigenvalue weighted by Gasteiger charge is -2.33. The van der Waals surface area contributed by atoms with Crippen LogP contribution in [0, 0.1) is 0 Å². The minimum atomic E-state index is 0. The molecule has 1 N–H and O–H groups in total. The van der Waals surface area contributed by atoms with Crippen molar-refractivity contribution in [2.75, 3.05) is 60.6 Å². The third kappa shape index (κ3) is 5.64. The van der Waals surface area contributed by atoms with Gasteiger partial charge in [-0.15, -0.1) is 24.0 Å². The highest BCUT2D eigenvalue weighted by molar-refractivity contribution is 14.0. The second kappa shape index (κ2) is 11.1. The fraction of sp³-hybridized carbons (Fsp3) is 0.650. The first-order valence-corrected chi connectivity index (χ1v) is 9.71. The fourth-order valence-corrected chi connectivity index (χ4v) is 3.66. The van der Waals surface area contributed by atoms with E-state index in [1.807, 2.05) is 0 Å². The molecule has 1 aromatic carbocycles. The van der Waals surface area contributed by atoms with Gasteiger partial charge < -0.3 is 29.3 Å². The van der Waals surface area contributed by atoms with Crippen LogP contribution in [0.4, 0.5) is 0 Å². The lowest BCUT2D eigenvalue weighted by molar-refractivity contribution is -0.0137. The molecule has 0 bridgehead atoms. The Labute approximate surface area is 185 Å². The highest BCUT2D eigenvalue weighted by Crippen LogP contribution is 2.33. The molecule has 3 rings (SSSR count). The molecule has 0 radical (unpaired) electrons. The number of nitrogens with one attached hydrogen (secondary N) is 1. The molecule has 2 aliphatic rings. The molecule has 1 atom stereocenters. The number of ether oxygens (including phenoxy) is 3. The number of likely N-dealkylation sites (N-methyl/N-ethyl adjacent to an activating group) is 1. The van der Waals surface area contributed by atoms with Gasteiger partial charge in [-0.1, -0.05) is 0 Å². The van der Waals surface area contributed by atoms with Gasteiger partial charge >= 0.3 is 0 Å². The molecule has 0 spiro atoms. The van der Waals surface area contributed by atoms with Crippen LogP contribution >= 0.6 is 24.0 Å². The Hall–Kier alpha value is -1.26. The van der Waals surface area contributed by atoms with E-state index in [9.17, 15) is 0 Å². The van der Waals surface area contributed by atoms with Gasteiger partial charge in [-0.2, -0.15) is 0 Å². The smallest absolute Gasteiger partial charge is 0.194 e. The Kier molecular flexibility index (Phi) is 9.10. The highest BCUT2D eigenvalue weighted by Gasteiger charge is 2.23. The van der Waals surface area contributed by atoms with E-state index in [4.69, 9.17) is 19.2 Å². The van der Waals surface area contributed by atoms with Crippen LogP contribution in [-0.2, 0) is 17.7 Å². The van der Waals surface area contributed by atoms with E-state index >= 15 is 0 Å². The molecule has 2 aliphatic heterocycles. The van der Waals surface area contributed by atoms with Gasteiger partial charge in [-0.05, 0) is 43.7 Å². The number of nitrogens with zero attached hydrogens (tertiary/aromatic N) is 3. The minimum absolute atomic E-state index is 0. The summed E-state index contributed by atoms with van der Waals surface area (Å²) >= 11 is 0. The number of aliphatic imine (C=N–C) groups is 1. The molecule has 7 nitrogen and oxygen atoms in total.